The van der Waals surface area contributed by atoms with Crippen LogP contribution >= 0.6 is 23.2 Å². The number of carbonyl (C=O) groups excluding carboxylic acids is 1. The summed E-state index contributed by atoms with van der Waals surface area (Å²) in [5.41, 5.74) is 1.65. The van der Waals surface area contributed by atoms with Crippen LogP contribution in [0.25, 0.3) is 0 Å². The zero-order valence-corrected chi connectivity index (χ0v) is 12.1. The molecule has 2 N–H and O–H groups in total. The molecule has 0 saturated heterocycles. The Labute approximate surface area is 127 Å². The van der Waals surface area contributed by atoms with Crippen molar-refractivity contribution in [2.45, 2.75) is 13.0 Å². The van der Waals surface area contributed by atoms with Gasteiger partial charge in [0.2, 0.25) is 5.91 Å². The molecule has 0 aliphatic heterocycles. The van der Waals surface area contributed by atoms with Crippen LogP contribution in [0, 0.1) is 0 Å². The largest absolute Gasteiger partial charge is 0.508 e. The van der Waals surface area contributed by atoms with E-state index in [1.54, 1.807) is 42.5 Å². The molecule has 104 valence electrons. The van der Waals surface area contributed by atoms with E-state index >= 15 is 0 Å². The predicted molar refractivity (Wildman–Crippen MR) is 80.1 cm³/mol. The molecule has 2 aromatic carbocycles. The van der Waals surface area contributed by atoms with Gasteiger partial charge in [0.15, 0.2) is 0 Å². The summed E-state index contributed by atoms with van der Waals surface area (Å²) in [6.45, 7) is 0.354. The first kappa shape index (κ1) is 14.7. The third kappa shape index (κ3) is 4.15. The molecule has 2 aromatic rings. The molecule has 0 heterocycles. The highest BCUT2D eigenvalue weighted by Gasteiger charge is 2.06. The molecule has 0 saturated carbocycles. The summed E-state index contributed by atoms with van der Waals surface area (Å²) in [4.78, 5) is 11.8. The number of amides is 1. The number of halogens is 2. The molecule has 0 bridgehead atoms. The number of nitrogens with one attached hydrogen (secondary N) is 1. The van der Waals surface area contributed by atoms with Crippen molar-refractivity contribution in [3.63, 3.8) is 0 Å². The minimum atomic E-state index is -0.110. The van der Waals surface area contributed by atoms with Crippen molar-refractivity contribution in [2.24, 2.45) is 0 Å². The molecule has 0 aliphatic carbocycles. The number of rotatable bonds is 4. The molecule has 0 aliphatic rings. The van der Waals surface area contributed by atoms with Crippen LogP contribution < -0.4 is 5.32 Å². The summed E-state index contributed by atoms with van der Waals surface area (Å²) >= 11 is 11.8. The van der Waals surface area contributed by atoms with Crippen LogP contribution in [0.4, 0.5) is 0 Å². The molecule has 1 amide bonds. The van der Waals surface area contributed by atoms with E-state index in [1.807, 2.05) is 0 Å². The van der Waals surface area contributed by atoms with Gasteiger partial charge in [-0.1, -0.05) is 41.4 Å². The van der Waals surface area contributed by atoms with Crippen LogP contribution in [0.5, 0.6) is 5.75 Å². The molecule has 2 rings (SSSR count). The van der Waals surface area contributed by atoms with E-state index in [1.165, 1.54) is 0 Å². The summed E-state index contributed by atoms with van der Waals surface area (Å²) in [7, 11) is 0. The van der Waals surface area contributed by atoms with Crippen LogP contribution in [0.1, 0.15) is 11.1 Å². The van der Waals surface area contributed by atoms with Crippen LogP contribution in [0.15, 0.2) is 42.5 Å². The molecule has 0 radical (unpaired) electrons. The highest BCUT2D eigenvalue weighted by Crippen LogP contribution is 2.20. The Balaban J connectivity index is 1.90. The number of carbonyl (C=O) groups is 1. The topological polar surface area (TPSA) is 49.3 Å². The Morgan fingerprint density at radius 2 is 1.80 bits per heavy atom. The Hall–Kier alpha value is -1.71. The fraction of sp³-hybridized carbons (Fsp3) is 0.133. The zero-order chi connectivity index (χ0) is 14.5. The fourth-order valence-electron chi connectivity index (χ4n) is 1.72. The van der Waals surface area contributed by atoms with Crippen molar-refractivity contribution in [3.05, 3.63) is 63.6 Å². The lowest BCUT2D eigenvalue weighted by Crippen LogP contribution is -2.24. The third-order valence-electron chi connectivity index (χ3n) is 2.79. The summed E-state index contributed by atoms with van der Waals surface area (Å²) in [6.07, 6.45) is 0.255. The lowest BCUT2D eigenvalue weighted by molar-refractivity contribution is -0.120. The summed E-state index contributed by atoms with van der Waals surface area (Å²) < 4.78 is 0. The first-order chi connectivity index (χ1) is 9.54. The van der Waals surface area contributed by atoms with Crippen molar-refractivity contribution < 1.29 is 9.90 Å². The average molecular weight is 310 g/mol. The van der Waals surface area contributed by atoms with Crippen molar-refractivity contribution >= 4 is 29.1 Å². The number of hydrogen-bond donors (Lipinski definition) is 2. The predicted octanol–water partition coefficient (Wildman–Crippen LogP) is 3.56. The second-order valence-electron chi connectivity index (χ2n) is 4.36. The molecule has 0 fully saturated rings. The summed E-state index contributed by atoms with van der Waals surface area (Å²) in [5, 5.41) is 13.1. The summed E-state index contributed by atoms with van der Waals surface area (Å²) in [6, 6.07) is 11.7. The Morgan fingerprint density at radius 3 is 2.45 bits per heavy atom. The standard InChI is InChI=1S/C15H13Cl2NO2/c16-12-4-3-11(14(17)8-12)9-18-15(20)7-10-1-5-13(19)6-2-10/h1-6,8,19H,7,9H2,(H,18,20). The smallest absolute Gasteiger partial charge is 0.224 e. The molecule has 20 heavy (non-hydrogen) atoms. The van der Waals surface area contributed by atoms with Gasteiger partial charge in [0, 0.05) is 16.6 Å². The SMILES string of the molecule is O=C(Cc1ccc(O)cc1)NCc1ccc(Cl)cc1Cl. The monoisotopic (exact) mass is 309 g/mol. The second-order valence-corrected chi connectivity index (χ2v) is 5.20. The zero-order valence-electron chi connectivity index (χ0n) is 10.6. The van der Waals surface area contributed by atoms with Gasteiger partial charge in [-0.05, 0) is 35.4 Å². The molecule has 0 unspecified atom stereocenters. The van der Waals surface area contributed by atoms with Gasteiger partial charge in [-0.15, -0.1) is 0 Å². The van der Waals surface area contributed by atoms with Crippen LogP contribution in [0.2, 0.25) is 10.0 Å². The maximum atomic E-state index is 11.8. The maximum absolute atomic E-state index is 11.8. The summed E-state index contributed by atoms with van der Waals surface area (Å²) in [5.74, 6) is 0.0730. The van der Waals surface area contributed by atoms with Gasteiger partial charge in [-0.25, -0.2) is 0 Å². The van der Waals surface area contributed by atoms with Gasteiger partial charge in [-0.2, -0.15) is 0 Å². The molecule has 0 atom stereocenters. The normalized spacial score (nSPS) is 10.3. The number of hydrogen-bond acceptors (Lipinski definition) is 2. The Morgan fingerprint density at radius 1 is 1.10 bits per heavy atom. The molecular formula is C15H13Cl2NO2. The number of phenolic OH excluding ortho intramolecular Hbond substituents is 1. The average Bonchev–Trinajstić information content (AvgIpc) is 2.40. The lowest BCUT2D eigenvalue weighted by atomic mass is 10.1. The van der Waals surface area contributed by atoms with E-state index < -0.39 is 0 Å². The minimum absolute atomic E-state index is 0.110. The lowest BCUT2D eigenvalue weighted by Gasteiger charge is -2.07. The minimum Gasteiger partial charge on any atom is -0.508 e. The Kier molecular flexibility index (Phi) is 4.88. The molecule has 0 spiro atoms. The van der Waals surface area contributed by atoms with Gasteiger partial charge in [0.1, 0.15) is 5.75 Å². The van der Waals surface area contributed by atoms with Gasteiger partial charge in [0.25, 0.3) is 0 Å². The quantitative estimate of drug-likeness (QED) is 0.907. The van der Waals surface area contributed by atoms with Crippen molar-refractivity contribution in [1.82, 2.24) is 5.32 Å². The van der Waals surface area contributed by atoms with Crippen LogP contribution in [-0.4, -0.2) is 11.0 Å². The highest BCUT2D eigenvalue weighted by atomic mass is 35.5. The van der Waals surface area contributed by atoms with Crippen LogP contribution in [0.3, 0.4) is 0 Å². The second kappa shape index (κ2) is 6.64. The van der Waals surface area contributed by atoms with E-state index in [9.17, 15) is 4.79 Å². The molecule has 5 heteroatoms. The van der Waals surface area contributed by atoms with E-state index in [4.69, 9.17) is 28.3 Å². The molecule has 0 aromatic heterocycles. The first-order valence-electron chi connectivity index (χ1n) is 6.03. The molecule has 3 nitrogen and oxygen atoms in total. The maximum Gasteiger partial charge on any atom is 0.224 e. The van der Waals surface area contributed by atoms with Crippen molar-refractivity contribution in [2.75, 3.05) is 0 Å². The highest BCUT2D eigenvalue weighted by molar-refractivity contribution is 6.35. The number of benzene rings is 2. The number of aromatic hydroxyl groups is 1. The van der Waals surface area contributed by atoms with Gasteiger partial charge in [0.05, 0.1) is 6.42 Å². The Bertz CT molecular complexity index is 612. The van der Waals surface area contributed by atoms with Crippen molar-refractivity contribution in [1.29, 1.82) is 0 Å². The van der Waals surface area contributed by atoms with Crippen molar-refractivity contribution in [3.8, 4) is 5.75 Å². The van der Waals surface area contributed by atoms with Gasteiger partial charge < -0.3 is 10.4 Å². The first-order valence-corrected chi connectivity index (χ1v) is 6.79. The molecular weight excluding hydrogens is 297 g/mol. The number of phenols is 1. The van der Waals surface area contributed by atoms with E-state index in [2.05, 4.69) is 5.32 Å². The third-order valence-corrected chi connectivity index (χ3v) is 3.38. The van der Waals surface area contributed by atoms with Gasteiger partial charge >= 0.3 is 0 Å². The van der Waals surface area contributed by atoms with Gasteiger partial charge in [-0.3, -0.25) is 4.79 Å². The van der Waals surface area contributed by atoms with E-state index in [-0.39, 0.29) is 18.1 Å². The fourth-order valence-corrected chi connectivity index (χ4v) is 2.20. The van der Waals surface area contributed by atoms with E-state index in [0.717, 1.165) is 11.1 Å². The van der Waals surface area contributed by atoms with Crippen LogP contribution in [-0.2, 0) is 17.8 Å². The van der Waals surface area contributed by atoms with E-state index in [0.29, 0.717) is 16.6 Å².